The van der Waals surface area contributed by atoms with Gasteiger partial charge in [-0.15, -0.1) is 11.3 Å². The Bertz CT molecular complexity index is 640. The Morgan fingerprint density at radius 1 is 1.48 bits per heavy atom. The van der Waals surface area contributed by atoms with Crippen LogP contribution in [0.4, 0.5) is 4.39 Å². The van der Waals surface area contributed by atoms with Crippen LogP contribution >= 0.6 is 11.3 Å². The average Bonchev–Trinajstić information content (AvgIpc) is 2.82. The summed E-state index contributed by atoms with van der Waals surface area (Å²) in [6, 6.07) is 4.80. The van der Waals surface area contributed by atoms with E-state index >= 15 is 0 Å². The molecule has 6 heteroatoms. The third kappa shape index (κ3) is 3.58. The number of nitrogen functional groups attached to an aromatic ring is 1. The van der Waals surface area contributed by atoms with Gasteiger partial charge < -0.3 is 4.74 Å². The molecule has 0 fully saturated rings. The Balaban J connectivity index is 2.31. The van der Waals surface area contributed by atoms with Gasteiger partial charge in [-0.1, -0.05) is 19.9 Å². The van der Waals surface area contributed by atoms with Gasteiger partial charge in [0.05, 0.1) is 6.61 Å². The van der Waals surface area contributed by atoms with Gasteiger partial charge in [0.15, 0.2) is 0 Å². The summed E-state index contributed by atoms with van der Waals surface area (Å²) in [6.07, 6.45) is 0.920. The van der Waals surface area contributed by atoms with Gasteiger partial charge in [-0.05, 0) is 24.5 Å². The summed E-state index contributed by atoms with van der Waals surface area (Å²) in [5.74, 6) is 4.97. The number of ether oxygens (including phenoxy) is 1. The normalized spacial score (nSPS) is 11.3. The average molecular weight is 310 g/mol. The SMILES string of the molecule is CC(C)CCOCc1c(C(=O)NN)sc2cccc(F)c12. The fourth-order valence-electron chi connectivity index (χ4n) is 2.05. The number of carbonyl (C=O) groups is 1. The summed E-state index contributed by atoms with van der Waals surface area (Å²) < 4.78 is 20.4. The van der Waals surface area contributed by atoms with Gasteiger partial charge in [-0.2, -0.15) is 0 Å². The van der Waals surface area contributed by atoms with Gasteiger partial charge in [0.1, 0.15) is 10.7 Å². The Hall–Kier alpha value is -1.50. The van der Waals surface area contributed by atoms with Gasteiger partial charge in [-0.25, -0.2) is 10.2 Å². The number of hydrogen-bond acceptors (Lipinski definition) is 4. The zero-order chi connectivity index (χ0) is 15.4. The van der Waals surface area contributed by atoms with Crippen molar-refractivity contribution in [1.29, 1.82) is 0 Å². The van der Waals surface area contributed by atoms with Crippen molar-refractivity contribution in [3.8, 4) is 0 Å². The minimum Gasteiger partial charge on any atom is -0.377 e. The number of nitrogens with one attached hydrogen (secondary N) is 1. The van der Waals surface area contributed by atoms with Gasteiger partial charge in [0.2, 0.25) is 0 Å². The van der Waals surface area contributed by atoms with Crippen molar-refractivity contribution < 1.29 is 13.9 Å². The molecule has 1 aromatic heterocycles. The highest BCUT2D eigenvalue weighted by molar-refractivity contribution is 7.21. The number of fused-ring (bicyclic) bond motifs is 1. The zero-order valence-electron chi connectivity index (χ0n) is 12.1. The quantitative estimate of drug-likeness (QED) is 0.373. The van der Waals surface area contributed by atoms with Gasteiger partial charge in [-0.3, -0.25) is 10.2 Å². The second-order valence-electron chi connectivity index (χ2n) is 5.23. The highest BCUT2D eigenvalue weighted by Crippen LogP contribution is 2.33. The largest absolute Gasteiger partial charge is 0.377 e. The summed E-state index contributed by atoms with van der Waals surface area (Å²) in [5.41, 5.74) is 2.67. The van der Waals surface area contributed by atoms with Crippen LogP contribution < -0.4 is 11.3 Å². The van der Waals surface area contributed by atoms with E-state index in [2.05, 4.69) is 19.3 Å². The van der Waals surface area contributed by atoms with E-state index in [0.717, 1.165) is 11.1 Å². The highest BCUT2D eigenvalue weighted by atomic mass is 32.1. The van der Waals surface area contributed by atoms with Gasteiger partial charge in [0, 0.05) is 22.3 Å². The molecule has 2 aromatic rings. The third-order valence-corrected chi connectivity index (χ3v) is 4.38. The Morgan fingerprint density at radius 3 is 2.90 bits per heavy atom. The van der Waals surface area contributed by atoms with Crippen LogP contribution in [0.3, 0.4) is 0 Å². The lowest BCUT2D eigenvalue weighted by Crippen LogP contribution is -2.30. The maximum absolute atomic E-state index is 14.1. The molecule has 1 amide bonds. The van der Waals surface area contributed by atoms with Crippen molar-refractivity contribution in [3.05, 3.63) is 34.5 Å². The second kappa shape index (κ2) is 6.98. The number of rotatable bonds is 6. The van der Waals surface area contributed by atoms with E-state index in [1.165, 1.54) is 17.4 Å². The molecule has 0 bridgehead atoms. The van der Waals surface area contributed by atoms with E-state index in [9.17, 15) is 9.18 Å². The van der Waals surface area contributed by atoms with Crippen molar-refractivity contribution in [2.75, 3.05) is 6.61 Å². The van der Waals surface area contributed by atoms with Crippen LogP contribution in [0.5, 0.6) is 0 Å². The number of nitrogens with two attached hydrogens (primary N) is 1. The maximum Gasteiger partial charge on any atom is 0.275 e. The van der Waals surface area contributed by atoms with Crippen LogP contribution in [0.15, 0.2) is 18.2 Å². The topological polar surface area (TPSA) is 64.3 Å². The molecule has 1 aromatic carbocycles. The molecule has 0 saturated heterocycles. The fourth-order valence-corrected chi connectivity index (χ4v) is 3.17. The first-order chi connectivity index (χ1) is 10.0. The lowest BCUT2D eigenvalue weighted by molar-refractivity contribution is 0.0939. The van der Waals surface area contributed by atoms with E-state index in [1.54, 1.807) is 12.1 Å². The number of amides is 1. The summed E-state index contributed by atoms with van der Waals surface area (Å²) in [6.45, 7) is 5.00. The maximum atomic E-state index is 14.1. The number of halogens is 1. The minimum atomic E-state index is -0.418. The molecule has 3 N–H and O–H groups in total. The van der Waals surface area contributed by atoms with Gasteiger partial charge in [0.25, 0.3) is 5.91 Å². The molecule has 1 heterocycles. The second-order valence-corrected chi connectivity index (χ2v) is 6.28. The van der Waals surface area contributed by atoms with Crippen LogP contribution in [-0.4, -0.2) is 12.5 Å². The molecule has 0 aliphatic heterocycles. The predicted molar refractivity (Wildman–Crippen MR) is 82.5 cm³/mol. The van der Waals surface area contributed by atoms with Crippen molar-refractivity contribution in [2.45, 2.75) is 26.9 Å². The van der Waals surface area contributed by atoms with E-state index in [-0.39, 0.29) is 12.4 Å². The van der Waals surface area contributed by atoms with Crippen LogP contribution in [0.1, 0.15) is 35.5 Å². The van der Waals surface area contributed by atoms with Crippen molar-refractivity contribution in [2.24, 2.45) is 11.8 Å². The molecular formula is C15H19FN2O2S. The van der Waals surface area contributed by atoms with Crippen LogP contribution in [-0.2, 0) is 11.3 Å². The van der Waals surface area contributed by atoms with Crippen molar-refractivity contribution in [3.63, 3.8) is 0 Å². The first-order valence-electron chi connectivity index (χ1n) is 6.83. The zero-order valence-corrected chi connectivity index (χ0v) is 12.9. The molecule has 0 spiro atoms. The van der Waals surface area contributed by atoms with Crippen LogP contribution in [0.25, 0.3) is 10.1 Å². The molecule has 0 aliphatic rings. The number of carbonyl (C=O) groups excluding carboxylic acids is 1. The molecule has 0 radical (unpaired) electrons. The standard InChI is InChI=1S/C15H19FN2O2S/c1-9(2)6-7-20-8-10-13-11(16)4-3-5-12(13)21-14(10)15(19)18-17/h3-5,9H,6-8,17H2,1-2H3,(H,18,19). The summed E-state index contributed by atoms with van der Waals surface area (Å²) in [5, 5.41) is 0.450. The number of benzene rings is 1. The molecule has 21 heavy (non-hydrogen) atoms. The first kappa shape index (κ1) is 15.9. The fraction of sp³-hybridized carbons (Fsp3) is 0.400. The number of hydrazine groups is 1. The summed E-state index contributed by atoms with van der Waals surface area (Å²) in [7, 11) is 0. The Morgan fingerprint density at radius 2 is 2.24 bits per heavy atom. The molecule has 0 aliphatic carbocycles. The molecule has 0 unspecified atom stereocenters. The summed E-state index contributed by atoms with van der Waals surface area (Å²) >= 11 is 1.22. The molecular weight excluding hydrogens is 291 g/mol. The van der Waals surface area contributed by atoms with E-state index < -0.39 is 5.91 Å². The van der Waals surface area contributed by atoms with Crippen molar-refractivity contribution in [1.82, 2.24) is 5.43 Å². The lowest BCUT2D eigenvalue weighted by atomic mass is 10.1. The number of thiophene rings is 1. The Kier molecular flexibility index (Phi) is 5.27. The monoisotopic (exact) mass is 310 g/mol. The van der Waals surface area contributed by atoms with E-state index in [4.69, 9.17) is 10.6 Å². The summed E-state index contributed by atoms with van der Waals surface area (Å²) in [4.78, 5) is 12.3. The van der Waals surface area contributed by atoms with Crippen LogP contribution in [0.2, 0.25) is 0 Å². The molecule has 4 nitrogen and oxygen atoms in total. The Labute approximate surface area is 127 Å². The van der Waals surface area contributed by atoms with Gasteiger partial charge >= 0.3 is 0 Å². The molecule has 2 rings (SSSR count). The van der Waals surface area contributed by atoms with E-state index in [1.807, 2.05) is 0 Å². The third-order valence-electron chi connectivity index (χ3n) is 3.19. The van der Waals surface area contributed by atoms with Crippen molar-refractivity contribution >= 4 is 27.3 Å². The number of hydrogen-bond donors (Lipinski definition) is 2. The highest BCUT2D eigenvalue weighted by Gasteiger charge is 2.20. The molecule has 114 valence electrons. The molecule has 0 saturated carbocycles. The molecule has 0 atom stereocenters. The lowest BCUT2D eigenvalue weighted by Gasteiger charge is -2.08. The van der Waals surface area contributed by atoms with Crippen LogP contribution in [0, 0.1) is 11.7 Å². The minimum absolute atomic E-state index is 0.205. The van der Waals surface area contributed by atoms with E-state index in [0.29, 0.717) is 28.4 Å². The smallest absolute Gasteiger partial charge is 0.275 e. The first-order valence-corrected chi connectivity index (χ1v) is 7.64. The predicted octanol–water partition coefficient (Wildman–Crippen LogP) is 3.21.